The molecule has 0 aliphatic rings. The molecule has 2 rings (SSSR count). The molecule has 4 nitrogen and oxygen atoms in total. The van der Waals surface area contributed by atoms with Gasteiger partial charge < -0.3 is 0 Å². The standard InChI is InChI=1S/C19H23ClN4S/c1-3-4-6-11-16(12-15-9-7-5-8-10-15)14-21-24-18-13-17(20)22-19(23-18)25-2/h5,7-10,12-14H,3-4,6,11H2,1-2H3,(H,22,23,24)/b16-12+,21-14+. The number of anilines is 1. The highest BCUT2D eigenvalue weighted by atomic mass is 35.5. The van der Waals surface area contributed by atoms with Gasteiger partial charge in [0.1, 0.15) is 5.15 Å². The first-order valence-corrected chi connectivity index (χ1v) is 9.95. The molecule has 0 bridgehead atoms. The van der Waals surface area contributed by atoms with E-state index < -0.39 is 0 Å². The van der Waals surface area contributed by atoms with E-state index in [0.29, 0.717) is 16.1 Å². The fraction of sp³-hybridized carbons (Fsp3) is 0.316. The number of thioether (sulfide) groups is 1. The van der Waals surface area contributed by atoms with Crippen LogP contribution in [0.3, 0.4) is 0 Å². The van der Waals surface area contributed by atoms with Crippen molar-refractivity contribution in [3.05, 3.63) is 52.7 Å². The molecule has 25 heavy (non-hydrogen) atoms. The molecule has 0 unspecified atom stereocenters. The lowest BCUT2D eigenvalue weighted by Crippen LogP contribution is -1.97. The van der Waals surface area contributed by atoms with Crippen LogP contribution in [-0.2, 0) is 0 Å². The predicted octanol–water partition coefficient (Wildman–Crippen LogP) is 5.91. The van der Waals surface area contributed by atoms with Crippen molar-refractivity contribution in [3.63, 3.8) is 0 Å². The van der Waals surface area contributed by atoms with Gasteiger partial charge in [-0.15, -0.1) is 0 Å². The lowest BCUT2D eigenvalue weighted by molar-refractivity contribution is 0.724. The quantitative estimate of drug-likeness (QED) is 0.148. The van der Waals surface area contributed by atoms with Gasteiger partial charge in [-0.25, -0.2) is 9.97 Å². The molecule has 2 aromatic rings. The third-order valence-electron chi connectivity index (χ3n) is 3.49. The topological polar surface area (TPSA) is 50.2 Å². The summed E-state index contributed by atoms with van der Waals surface area (Å²) in [5.74, 6) is 0.591. The molecule has 0 radical (unpaired) electrons. The summed E-state index contributed by atoms with van der Waals surface area (Å²) in [6.07, 6.45) is 10.5. The van der Waals surface area contributed by atoms with Crippen molar-refractivity contribution >= 4 is 41.5 Å². The van der Waals surface area contributed by atoms with Crippen LogP contribution in [0.5, 0.6) is 0 Å². The number of hydrazone groups is 1. The lowest BCUT2D eigenvalue weighted by atomic mass is 10.1. The number of hydrogen-bond acceptors (Lipinski definition) is 5. The predicted molar refractivity (Wildman–Crippen MR) is 109 cm³/mol. The van der Waals surface area contributed by atoms with E-state index in [1.165, 1.54) is 35.7 Å². The van der Waals surface area contributed by atoms with E-state index in [4.69, 9.17) is 11.6 Å². The second kappa shape index (κ2) is 10.9. The minimum absolute atomic E-state index is 0.403. The van der Waals surface area contributed by atoms with Gasteiger partial charge in [-0.1, -0.05) is 79.5 Å². The molecule has 0 atom stereocenters. The Hall–Kier alpha value is -1.85. The molecular formula is C19H23ClN4S. The fourth-order valence-electron chi connectivity index (χ4n) is 2.24. The number of aromatic nitrogens is 2. The number of halogens is 1. The number of nitrogens with zero attached hydrogens (tertiary/aromatic N) is 3. The first-order valence-electron chi connectivity index (χ1n) is 8.34. The largest absolute Gasteiger partial charge is 0.261 e. The summed E-state index contributed by atoms with van der Waals surface area (Å²) < 4.78 is 0. The van der Waals surface area contributed by atoms with Crippen LogP contribution in [-0.4, -0.2) is 22.4 Å². The van der Waals surface area contributed by atoms with Gasteiger partial charge in [-0.05, 0) is 30.2 Å². The molecule has 1 aromatic heterocycles. The van der Waals surface area contributed by atoms with E-state index in [1.807, 2.05) is 30.7 Å². The number of rotatable bonds is 9. The summed E-state index contributed by atoms with van der Waals surface area (Å²) in [6, 6.07) is 11.9. The van der Waals surface area contributed by atoms with Crippen LogP contribution in [0.4, 0.5) is 5.82 Å². The molecule has 132 valence electrons. The molecule has 0 spiro atoms. The van der Waals surface area contributed by atoms with Crippen molar-refractivity contribution in [1.29, 1.82) is 0 Å². The third-order valence-corrected chi connectivity index (χ3v) is 4.23. The van der Waals surface area contributed by atoms with Gasteiger partial charge in [0.2, 0.25) is 0 Å². The maximum absolute atomic E-state index is 5.99. The summed E-state index contributed by atoms with van der Waals surface area (Å²) in [7, 11) is 0. The Morgan fingerprint density at radius 1 is 1.24 bits per heavy atom. The van der Waals surface area contributed by atoms with Gasteiger partial charge in [0.25, 0.3) is 0 Å². The maximum Gasteiger partial charge on any atom is 0.190 e. The highest BCUT2D eigenvalue weighted by Crippen LogP contribution is 2.17. The summed E-state index contributed by atoms with van der Waals surface area (Å²) in [6.45, 7) is 2.21. The molecule has 0 aliphatic carbocycles. The molecule has 1 N–H and O–H groups in total. The Morgan fingerprint density at radius 2 is 2.04 bits per heavy atom. The summed E-state index contributed by atoms with van der Waals surface area (Å²) in [4.78, 5) is 8.45. The van der Waals surface area contributed by atoms with Gasteiger partial charge in [-0.2, -0.15) is 5.10 Å². The number of unbranched alkanes of at least 4 members (excludes halogenated alkanes) is 2. The van der Waals surface area contributed by atoms with Gasteiger partial charge in [-0.3, -0.25) is 5.43 Å². The van der Waals surface area contributed by atoms with Crippen LogP contribution in [0.25, 0.3) is 6.08 Å². The zero-order valence-corrected chi connectivity index (χ0v) is 16.1. The maximum atomic E-state index is 5.99. The highest BCUT2D eigenvalue weighted by Gasteiger charge is 2.01. The number of hydrogen-bond donors (Lipinski definition) is 1. The highest BCUT2D eigenvalue weighted by molar-refractivity contribution is 7.98. The van der Waals surface area contributed by atoms with Gasteiger partial charge in [0, 0.05) is 6.07 Å². The second-order valence-electron chi connectivity index (χ2n) is 5.52. The van der Waals surface area contributed by atoms with E-state index in [1.54, 1.807) is 6.07 Å². The monoisotopic (exact) mass is 374 g/mol. The molecule has 0 amide bonds. The first kappa shape index (κ1) is 19.5. The Bertz CT molecular complexity index is 717. The van der Waals surface area contributed by atoms with E-state index in [2.05, 4.69) is 45.6 Å². The number of benzene rings is 1. The van der Waals surface area contributed by atoms with Crippen molar-refractivity contribution in [2.24, 2.45) is 5.10 Å². The zero-order valence-electron chi connectivity index (χ0n) is 14.6. The molecule has 0 saturated heterocycles. The summed E-state index contributed by atoms with van der Waals surface area (Å²) >= 11 is 7.44. The summed E-state index contributed by atoms with van der Waals surface area (Å²) in [5.41, 5.74) is 5.30. The van der Waals surface area contributed by atoms with Crippen molar-refractivity contribution in [1.82, 2.24) is 9.97 Å². The average Bonchev–Trinajstić information content (AvgIpc) is 2.62. The van der Waals surface area contributed by atoms with Crippen LogP contribution in [0.2, 0.25) is 5.15 Å². The fourth-order valence-corrected chi connectivity index (χ4v) is 2.86. The van der Waals surface area contributed by atoms with Gasteiger partial charge in [0.05, 0.1) is 6.21 Å². The molecule has 0 saturated carbocycles. The van der Waals surface area contributed by atoms with Crippen molar-refractivity contribution < 1.29 is 0 Å². The average molecular weight is 375 g/mol. The van der Waals surface area contributed by atoms with Crippen molar-refractivity contribution in [3.8, 4) is 0 Å². The van der Waals surface area contributed by atoms with Gasteiger partial charge >= 0.3 is 0 Å². The number of allylic oxidation sites excluding steroid dienone is 1. The first-order chi connectivity index (χ1) is 12.2. The molecule has 0 fully saturated rings. The zero-order chi connectivity index (χ0) is 17.9. The summed E-state index contributed by atoms with van der Waals surface area (Å²) in [5, 5.41) is 5.35. The van der Waals surface area contributed by atoms with Crippen molar-refractivity contribution in [2.75, 3.05) is 11.7 Å². The van der Waals surface area contributed by atoms with E-state index in [9.17, 15) is 0 Å². The lowest BCUT2D eigenvalue weighted by Gasteiger charge is -2.04. The van der Waals surface area contributed by atoms with Gasteiger partial charge in [0.15, 0.2) is 11.0 Å². The SMILES string of the molecule is CCCCCC(/C=N/Nc1cc(Cl)nc(SC)n1)=C\c1ccccc1. The number of nitrogens with one attached hydrogen (secondary N) is 1. The minimum Gasteiger partial charge on any atom is -0.261 e. The van der Waals surface area contributed by atoms with E-state index in [-0.39, 0.29) is 0 Å². The van der Waals surface area contributed by atoms with Crippen LogP contribution in [0.1, 0.15) is 38.2 Å². The molecule has 0 aliphatic heterocycles. The Balaban J connectivity index is 2.08. The Morgan fingerprint density at radius 3 is 2.76 bits per heavy atom. The Kier molecular flexibility index (Phi) is 8.49. The normalized spacial score (nSPS) is 11.9. The van der Waals surface area contributed by atoms with E-state index >= 15 is 0 Å². The smallest absolute Gasteiger partial charge is 0.190 e. The van der Waals surface area contributed by atoms with Crippen molar-refractivity contribution in [2.45, 2.75) is 37.8 Å². The van der Waals surface area contributed by atoms with Crippen LogP contribution < -0.4 is 5.43 Å². The Labute approximate surface area is 158 Å². The molecule has 6 heteroatoms. The third kappa shape index (κ3) is 7.28. The molecule has 1 aromatic carbocycles. The molecular weight excluding hydrogens is 352 g/mol. The minimum atomic E-state index is 0.403. The second-order valence-corrected chi connectivity index (χ2v) is 6.68. The van der Waals surface area contributed by atoms with Crippen LogP contribution in [0, 0.1) is 0 Å². The van der Waals surface area contributed by atoms with Crippen LogP contribution in [0.15, 0.2) is 52.2 Å². The van der Waals surface area contributed by atoms with Crippen LogP contribution >= 0.6 is 23.4 Å². The molecule has 1 heterocycles. The van der Waals surface area contributed by atoms with E-state index in [0.717, 1.165) is 12.8 Å².